The van der Waals surface area contributed by atoms with Gasteiger partial charge in [0.15, 0.2) is 6.61 Å². The van der Waals surface area contributed by atoms with Crippen LogP contribution in [0.5, 0.6) is 11.5 Å². The SMILES string of the molecule is COc1ccc(/C=C/C(=O)OCC(=O)Nc2sc3c(c2C#N)CCC3)c(OC)c1. The van der Waals surface area contributed by atoms with Crippen LogP contribution in [0.4, 0.5) is 5.00 Å². The minimum atomic E-state index is -0.660. The molecular formula is C21H20N2O5S. The summed E-state index contributed by atoms with van der Waals surface area (Å²) in [7, 11) is 3.07. The summed E-state index contributed by atoms with van der Waals surface area (Å²) in [5, 5.41) is 12.5. The molecule has 1 amide bonds. The van der Waals surface area contributed by atoms with E-state index in [0.29, 0.717) is 27.6 Å². The summed E-state index contributed by atoms with van der Waals surface area (Å²) in [5.41, 5.74) is 2.22. The number of nitriles is 1. The van der Waals surface area contributed by atoms with Crippen molar-refractivity contribution in [2.45, 2.75) is 19.3 Å². The number of ether oxygens (including phenoxy) is 3. The lowest BCUT2D eigenvalue weighted by molar-refractivity contribution is -0.142. The van der Waals surface area contributed by atoms with Gasteiger partial charge in [0.05, 0.1) is 19.8 Å². The number of rotatable bonds is 7. The highest BCUT2D eigenvalue weighted by Crippen LogP contribution is 2.38. The van der Waals surface area contributed by atoms with E-state index in [1.54, 1.807) is 25.3 Å². The van der Waals surface area contributed by atoms with Gasteiger partial charge in [-0.2, -0.15) is 5.26 Å². The van der Waals surface area contributed by atoms with Crippen molar-refractivity contribution in [2.24, 2.45) is 0 Å². The van der Waals surface area contributed by atoms with E-state index in [-0.39, 0.29) is 0 Å². The molecule has 3 rings (SSSR count). The van der Waals surface area contributed by atoms with Crippen LogP contribution in [0.15, 0.2) is 24.3 Å². The normalized spacial score (nSPS) is 12.3. The Bertz CT molecular complexity index is 1000. The van der Waals surface area contributed by atoms with Crippen LogP contribution in [0.3, 0.4) is 0 Å². The molecule has 1 aromatic carbocycles. The van der Waals surface area contributed by atoms with Crippen molar-refractivity contribution < 1.29 is 23.8 Å². The fourth-order valence-corrected chi connectivity index (χ4v) is 4.33. The first-order chi connectivity index (χ1) is 14.0. The van der Waals surface area contributed by atoms with Crippen LogP contribution in [0.2, 0.25) is 0 Å². The van der Waals surface area contributed by atoms with E-state index in [2.05, 4.69) is 11.4 Å². The Balaban J connectivity index is 1.55. The van der Waals surface area contributed by atoms with Gasteiger partial charge in [-0.25, -0.2) is 4.79 Å². The molecule has 0 radical (unpaired) electrons. The van der Waals surface area contributed by atoms with Gasteiger partial charge in [0.2, 0.25) is 0 Å². The first-order valence-electron chi connectivity index (χ1n) is 8.97. The molecule has 0 atom stereocenters. The molecule has 0 saturated carbocycles. The topological polar surface area (TPSA) is 97.6 Å². The molecule has 0 saturated heterocycles. The van der Waals surface area contributed by atoms with E-state index in [9.17, 15) is 14.9 Å². The number of aryl methyl sites for hydroxylation is 1. The Morgan fingerprint density at radius 3 is 2.83 bits per heavy atom. The molecule has 1 aliphatic rings. The largest absolute Gasteiger partial charge is 0.497 e. The monoisotopic (exact) mass is 412 g/mol. The van der Waals surface area contributed by atoms with Gasteiger partial charge in [-0.15, -0.1) is 11.3 Å². The van der Waals surface area contributed by atoms with Crippen LogP contribution in [0.1, 0.15) is 28.0 Å². The predicted molar refractivity (Wildman–Crippen MR) is 109 cm³/mol. The lowest BCUT2D eigenvalue weighted by Crippen LogP contribution is -2.20. The number of hydrogen-bond acceptors (Lipinski definition) is 7. The minimum Gasteiger partial charge on any atom is -0.497 e. The number of thiophene rings is 1. The van der Waals surface area contributed by atoms with Crippen molar-refractivity contribution in [1.29, 1.82) is 5.26 Å². The summed E-state index contributed by atoms with van der Waals surface area (Å²) in [4.78, 5) is 25.2. The number of carbonyl (C=O) groups is 2. The summed E-state index contributed by atoms with van der Waals surface area (Å²) in [6.45, 7) is -0.434. The van der Waals surface area contributed by atoms with E-state index in [1.165, 1.54) is 30.6 Å². The lowest BCUT2D eigenvalue weighted by Gasteiger charge is -2.07. The number of nitrogens with one attached hydrogen (secondary N) is 1. The molecule has 1 heterocycles. The van der Waals surface area contributed by atoms with E-state index >= 15 is 0 Å². The van der Waals surface area contributed by atoms with Crippen LogP contribution in [-0.2, 0) is 27.2 Å². The fraction of sp³-hybridized carbons (Fsp3) is 0.286. The molecule has 0 fully saturated rings. The number of nitrogens with zero attached hydrogens (tertiary/aromatic N) is 1. The summed E-state index contributed by atoms with van der Waals surface area (Å²) >= 11 is 1.42. The van der Waals surface area contributed by atoms with Gasteiger partial charge in [-0.05, 0) is 43.0 Å². The number of hydrogen-bond donors (Lipinski definition) is 1. The molecule has 1 N–H and O–H groups in total. The van der Waals surface area contributed by atoms with E-state index in [4.69, 9.17) is 14.2 Å². The summed E-state index contributed by atoms with van der Waals surface area (Å²) in [6, 6.07) is 7.34. The number of methoxy groups -OCH3 is 2. The van der Waals surface area contributed by atoms with Gasteiger partial charge >= 0.3 is 5.97 Å². The standard InChI is InChI=1S/C21H20N2O5S/c1-26-14-8-6-13(17(10-14)27-2)7-9-20(25)28-12-19(24)23-21-16(11-22)15-4-3-5-18(15)29-21/h6-10H,3-5,12H2,1-2H3,(H,23,24)/b9-7+. The average Bonchev–Trinajstić information content (AvgIpc) is 3.31. The van der Waals surface area contributed by atoms with Crippen LogP contribution < -0.4 is 14.8 Å². The second-order valence-electron chi connectivity index (χ2n) is 6.27. The highest BCUT2D eigenvalue weighted by atomic mass is 32.1. The zero-order chi connectivity index (χ0) is 20.8. The Morgan fingerprint density at radius 2 is 2.10 bits per heavy atom. The lowest BCUT2D eigenvalue weighted by atomic mass is 10.1. The van der Waals surface area contributed by atoms with Crippen molar-refractivity contribution in [3.05, 3.63) is 45.8 Å². The van der Waals surface area contributed by atoms with Crippen LogP contribution >= 0.6 is 11.3 Å². The van der Waals surface area contributed by atoms with E-state index < -0.39 is 18.5 Å². The Kier molecular flexibility index (Phi) is 6.52. The third kappa shape index (κ3) is 4.76. The number of esters is 1. The van der Waals surface area contributed by atoms with Crippen molar-refractivity contribution in [1.82, 2.24) is 0 Å². The molecule has 0 spiro atoms. The molecule has 29 heavy (non-hydrogen) atoms. The summed E-state index contributed by atoms with van der Waals surface area (Å²) in [6.07, 6.45) is 5.58. The Morgan fingerprint density at radius 1 is 1.28 bits per heavy atom. The maximum absolute atomic E-state index is 12.1. The zero-order valence-corrected chi connectivity index (χ0v) is 16.9. The second-order valence-corrected chi connectivity index (χ2v) is 7.38. The number of fused-ring (bicyclic) bond motifs is 1. The van der Waals surface area contributed by atoms with Crippen molar-refractivity contribution in [3.8, 4) is 17.6 Å². The van der Waals surface area contributed by atoms with Crippen molar-refractivity contribution >= 4 is 34.3 Å². The number of benzene rings is 1. The second kappa shape index (κ2) is 9.26. The van der Waals surface area contributed by atoms with Gasteiger partial charge in [0.25, 0.3) is 5.91 Å². The quantitative estimate of drug-likeness (QED) is 0.553. The number of carbonyl (C=O) groups excluding carboxylic acids is 2. The van der Waals surface area contributed by atoms with Crippen molar-refractivity contribution in [2.75, 3.05) is 26.1 Å². The van der Waals surface area contributed by atoms with Gasteiger partial charge in [0.1, 0.15) is 22.6 Å². The van der Waals surface area contributed by atoms with Gasteiger partial charge in [-0.3, -0.25) is 4.79 Å². The average molecular weight is 412 g/mol. The molecule has 7 nitrogen and oxygen atoms in total. The van der Waals surface area contributed by atoms with Crippen LogP contribution in [0, 0.1) is 11.3 Å². The zero-order valence-electron chi connectivity index (χ0n) is 16.1. The Labute approximate surface area is 172 Å². The highest BCUT2D eigenvalue weighted by molar-refractivity contribution is 7.16. The van der Waals surface area contributed by atoms with Crippen LogP contribution in [-0.4, -0.2) is 32.7 Å². The van der Waals surface area contributed by atoms with Gasteiger partial charge in [0, 0.05) is 22.6 Å². The molecule has 2 aromatic rings. The smallest absolute Gasteiger partial charge is 0.331 e. The fourth-order valence-electron chi connectivity index (χ4n) is 3.07. The third-order valence-corrected chi connectivity index (χ3v) is 5.68. The first-order valence-corrected chi connectivity index (χ1v) is 9.78. The third-order valence-electron chi connectivity index (χ3n) is 4.47. The minimum absolute atomic E-state index is 0.434. The first kappa shape index (κ1) is 20.4. The summed E-state index contributed by atoms with van der Waals surface area (Å²) < 4.78 is 15.4. The number of amides is 1. The molecule has 0 aliphatic heterocycles. The molecular weight excluding hydrogens is 392 g/mol. The van der Waals surface area contributed by atoms with Gasteiger partial charge in [-0.1, -0.05) is 0 Å². The molecule has 0 unspecified atom stereocenters. The molecule has 0 bridgehead atoms. The van der Waals surface area contributed by atoms with Crippen molar-refractivity contribution in [3.63, 3.8) is 0 Å². The predicted octanol–water partition coefficient (Wildman–Crippen LogP) is 3.32. The Hall–Kier alpha value is -3.31. The molecule has 1 aliphatic carbocycles. The highest BCUT2D eigenvalue weighted by Gasteiger charge is 2.23. The maximum atomic E-state index is 12.1. The molecule has 8 heteroatoms. The molecule has 150 valence electrons. The van der Waals surface area contributed by atoms with Gasteiger partial charge < -0.3 is 19.5 Å². The summed E-state index contributed by atoms with van der Waals surface area (Å²) in [5.74, 6) is 0.0351. The number of anilines is 1. The van der Waals surface area contributed by atoms with Crippen LogP contribution in [0.25, 0.3) is 6.08 Å². The molecule has 1 aromatic heterocycles. The maximum Gasteiger partial charge on any atom is 0.331 e. The van der Waals surface area contributed by atoms with E-state index in [0.717, 1.165) is 29.7 Å². The van der Waals surface area contributed by atoms with E-state index in [1.807, 2.05) is 0 Å².